The Hall–Kier alpha value is -1.20. The molecule has 1 atom stereocenters. The number of rotatable bonds is 5. The van der Waals surface area contributed by atoms with Crippen molar-refractivity contribution < 1.29 is 0 Å². The van der Waals surface area contributed by atoms with E-state index in [1.807, 2.05) is 11.7 Å². The number of likely N-dealkylation sites (N-methyl/N-ethyl adjacent to an activating group) is 1. The van der Waals surface area contributed by atoms with Crippen molar-refractivity contribution in [2.45, 2.75) is 39.3 Å². The molecule has 108 valence electrons. The first-order valence-corrected chi connectivity index (χ1v) is 7.64. The molecule has 0 amide bonds. The third-order valence-electron chi connectivity index (χ3n) is 3.47. The molecule has 2 rings (SSSR count). The molecule has 4 nitrogen and oxygen atoms in total. The maximum atomic E-state index is 4.39. The van der Waals surface area contributed by atoms with Gasteiger partial charge in [-0.25, -0.2) is 9.67 Å². The molecule has 0 aliphatic carbocycles. The molecule has 2 aromatic rings. The molecule has 0 fully saturated rings. The largest absolute Gasteiger partial charge is 0.313 e. The Morgan fingerprint density at radius 2 is 2.10 bits per heavy atom. The normalized spacial score (nSPS) is 12.9. The van der Waals surface area contributed by atoms with E-state index in [9.17, 15) is 0 Å². The van der Waals surface area contributed by atoms with Crippen molar-refractivity contribution in [2.75, 3.05) is 7.05 Å². The van der Waals surface area contributed by atoms with E-state index in [4.69, 9.17) is 0 Å². The molecule has 1 heterocycles. The Morgan fingerprint density at radius 3 is 2.70 bits per heavy atom. The fraction of sp³-hybridized carbons (Fsp3) is 0.467. The van der Waals surface area contributed by atoms with E-state index in [1.54, 1.807) is 6.33 Å². The fourth-order valence-corrected chi connectivity index (χ4v) is 2.64. The second-order valence-electron chi connectivity index (χ2n) is 5.27. The zero-order valence-corrected chi connectivity index (χ0v) is 14.0. The van der Waals surface area contributed by atoms with Gasteiger partial charge in [-0.2, -0.15) is 5.10 Å². The van der Waals surface area contributed by atoms with Gasteiger partial charge in [0.2, 0.25) is 0 Å². The summed E-state index contributed by atoms with van der Waals surface area (Å²) < 4.78 is 3.12. The summed E-state index contributed by atoms with van der Waals surface area (Å²) in [5, 5.41) is 7.66. The Balaban J connectivity index is 2.24. The van der Waals surface area contributed by atoms with Crippen LogP contribution in [0.15, 0.2) is 29.0 Å². The Bertz CT molecular complexity index is 577. The van der Waals surface area contributed by atoms with Crippen LogP contribution in [0.5, 0.6) is 0 Å². The van der Waals surface area contributed by atoms with Crippen molar-refractivity contribution in [1.29, 1.82) is 0 Å². The first-order valence-electron chi connectivity index (χ1n) is 6.84. The summed E-state index contributed by atoms with van der Waals surface area (Å²) in [5.41, 5.74) is 2.50. The van der Waals surface area contributed by atoms with E-state index >= 15 is 0 Å². The average Bonchev–Trinajstić information content (AvgIpc) is 2.87. The van der Waals surface area contributed by atoms with Crippen LogP contribution < -0.4 is 5.32 Å². The standard InChI is InChI=1S/C15H21BrN4/c1-10(2)20-15(18-9-19-20)8-14(17-4)12-6-5-11(3)13(16)7-12/h5-7,9-10,14,17H,8H2,1-4H3. The van der Waals surface area contributed by atoms with E-state index in [-0.39, 0.29) is 6.04 Å². The highest BCUT2D eigenvalue weighted by Gasteiger charge is 2.16. The van der Waals surface area contributed by atoms with Gasteiger partial charge in [0.15, 0.2) is 0 Å². The van der Waals surface area contributed by atoms with Gasteiger partial charge in [0.25, 0.3) is 0 Å². The van der Waals surface area contributed by atoms with Gasteiger partial charge in [-0.1, -0.05) is 28.1 Å². The van der Waals surface area contributed by atoms with Crippen molar-refractivity contribution in [1.82, 2.24) is 20.1 Å². The molecule has 0 bridgehead atoms. The second-order valence-corrected chi connectivity index (χ2v) is 6.12. The maximum absolute atomic E-state index is 4.39. The van der Waals surface area contributed by atoms with E-state index in [1.165, 1.54) is 11.1 Å². The summed E-state index contributed by atoms with van der Waals surface area (Å²) in [7, 11) is 1.98. The van der Waals surface area contributed by atoms with Gasteiger partial charge in [-0.3, -0.25) is 0 Å². The smallest absolute Gasteiger partial charge is 0.138 e. The van der Waals surface area contributed by atoms with Gasteiger partial charge >= 0.3 is 0 Å². The van der Waals surface area contributed by atoms with Crippen LogP contribution in [-0.2, 0) is 6.42 Å². The molecule has 1 aromatic carbocycles. The molecule has 0 spiro atoms. The molecular formula is C15H21BrN4. The third kappa shape index (κ3) is 3.27. The summed E-state index contributed by atoms with van der Waals surface area (Å²) in [6.45, 7) is 6.34. The highest BCUT2D eigenvalue weighted by Crippen LogP contribution is 2.24. The lowest BCUT2D eigenvalue weighted by Crippen LogP contribution is -2.21. The minimum absolute atomic E-state index is 0.230. The molecule has 0 saturated carbocycles. The number of halogens is 1. The van der Waals surface area contributed by atoms with Gasteiger partial charge in [-0.05, 0) is 45.0 Å². The van der Waals surface area contributed by atoms with Crippen LogP contribution in [0.4, 0.5) is 0 Å². The molecule has 5 heteroatoms. The summed E-state index contributed by atoms with van der Waals surface area (Å²) in [5.74, 6) is 1.01. The topological polar surface area (TPSA) is 42.7 Å². The van der Waals surface area contributed by atoms with Crippen LogP contribution in [0.25, 0.3) is 0 Å². The van der Waals surface area contributed by atoms with Crippen LogP contribution in [0, 0.1) is 6.92 Å². The number of aromatic nitrogens is 3. The van der Waals surface area contributed by atoms with E-state index in [2.05, 4.69) is 70.3 Å². The van der Waals surface area contributed by atoms with Gasteiger partial charge in [-0.15, -0.1) is 0 Å². The highest BCUT2D eigenvalue weighted by molar-refractivity contribution is 9.10. The molecule has 0 saturated heterocycles. The monoisotopic (exact) mass is 336 g/mol. The zero-order chi connectivity index (χ0) is 14.7. The minimum atomic E-state index is 0.230. The molecule has 1 N–H and O–H groups in total. The van der Waals surface area contributed by atoms with E-state index in [0.717, 1.165) is 16.7 Å². The van der Waals surface area contributed by atoms with Crippen LogP contribution >= 0.6 is 15.9 Å². The molecule has 1 aromatic heterocycles. The Labute approximate surface area is 128 Å². The quantitative estimate of drug-likeness (QED) is 0.909. The number of nitrogens with zero attached hydrogens (tertiary/aromatic N) is 3. The van der Waals surface area contributed by atoms with Gasteiger partial charge in [0, 0.05) is 23.0 Å². The SMILES string of the molecule is CNC(Cc1ncnn1C(C)C)c1ccc(C)c(Br)c1. The predicted molar refractivity (Wildman–Crippen MR) is 84.8 cm³/mol. The summed E-state index contributed by atoms with van der Waals surface area (Å²) in [6.07, 6.45) is 2.46. The third-order valence-corrected chi connectivity index (χ3v) is 4.32. The molecule has 0 aliphatic rings. The Morgan fingerprint density at radius 1 is 1.35 bits per heavy atom. The predicted octanol–water partition coefficient (Wildman–Crippen LogP) is 3.43. The number of benzene rings is 1. The highest BCUT2D eigenvalue weighted by atomic mass is 79.9. The second kappa shape index (κ2) is 6.50. The Kier molecular flexibility index (Phi) is 4.94. The number of hydrogen-bond acceptors (Lipinski definition) is 3. The summed E-state index contributed by atoms with van der Waals surface area (Å²) >= 11 is 3.60. The van der Waals surface area contributed by atoms with Crippen molar-refractivity contribution >= 4 is 15.9 Å². The lowest BCUT2D eigenvalue weighted by Gasteiger charge is -2.18. The van der Waals surface area contributed by atoms with E-state index in [0.29, 0.717) is 6.04 Å². The first-order chi connectivity index (χ1) is 9.52. The first kappa shape index (κ1) is 15.2. The minimum Gasteiger partial charge on any atom is -0.313 e. The molecule has 0 radical (unpaired) electrons. The van der Waals surface area contributed by atoms with Crippen molar-refractivity contribution in [2.24, 2.45) is 0 Å². The van der Waals surface area contributed by atoms with Gasteiger partial charge in [0.1, 0.15) is 12.2 Å². The van der Waals surface area contributed by atoms with Crippen molar-refractivity contribution in [3.05, 3.63) is 46.0 Å². The number of nitrogens with one attached hydrogen (secondary N) is 1. The van der Waals surface area contributed by atoms with Crippen molar-refractivity contribution in [3.8, 4) is 0 Å². The molecule has 1 unspecified atom stereocenters. The molecule has 20 heavy (non-hydrogen) atoms. The summed E-state index contributed by atoms with van der Waals surface area (Å²) in [6, 6.07) is 7.03. The maximum Gasteiger partial charge on any atom is 0.138 e. The lowest BCUT2D eigenvalue weighted by atomic mass is 10.0. The average molecular weight is 337 g/mol. The summed E-state index contributed by atoms with van der Waals surface area (Å²) in [4.78, 5) is 4.39. The number of aryl methyl sites for hydroxylation is 1. The fourth-order valence-electron chi connectivity index (χ4n) is 2.25. The van der Waals surface area contributed by atoms with Gasteiger partial charge < -0.3 is 5.32 Å². The van der Waals surface area contributed by atoms with E-state index < -0.39 is 0 Å². The van der Waals surface area contributed by atoms with Crippen LogP contribution in [0.2, 0.25) is 0 Å². The zero-order valence-electron chi connectivity index (χ0n) is 12.4. The van der Waals surface area contributed by atoms with Crippen LogP contribution in [0.1, 0.15) is 42.9 Å². The molecular weight excluding hydrogens is 316 g/mol. The molecule has 0 aliphatic heterocycles. The van der Waals surface area contributed by atoms with Crippen LogP contribution in [0.3, 0.4) is 0 Å². The van der Waals surface area contributed by atoms with Gasteiger partial charge in [0.05, 0.1) is 0 Å². The van der Waals surface area contributed by atoms with Crippen LogP contribution in [-0.4, -0.2) is 21.8 Å². The lowest BCUT2D eigenvalue weighted by molar-refractivity contribution is 0.478. The number of hydrogen-bond donors (Lipinski definition) is 1. The van der Waals surface area contributed by atoms with Crippen molar-refractivity contribution in [3.63, 3.8) is 0 Å².